The smallest absolute Gasteiger partial charge is 0.306 e. The van der Waals surface area contributed by atoms with E-state index in [4.69, 9.17) is 14.3 Å². The van der Waals surface area contributed by atoms with Gasteiger partial charge in [-0.3, -0.25) is 4.79 Å². The number of ether oxygens (including phenoxy) is 1. The quantitative estimate of drug-likeness (QED) is 0.555. The van der Waals surface area contributed by atoms with Gasteiger partial charge in [-0.15, -0.1) is 0 Å². The lowest BCUT2D eigenvalue weighted by atomic mass is 10.2. The maximum atomic E-state index is 11.1. The highest BCUT2D eigenvalue weighted by Gasteiger charge is 2.03. The Morgan fingerprint density at radius 1 is 1.50 bits per heavy atom. The third kappa shape index (κ3) is 4.09. The summed E-state index contributed by atoms with van der Waals surface area (Å²) in [7, 11) is 0. The summed E-state index contributed by atoms with van der Waals surface area (Å²) in [5.41, 5.74) is 0. The van der Waals surface area contributed by atoms with Crippen molar-refractivity contribution in [2.24, 2.45) is 0 Å². The van der Waals surface area contributed by atoms with Crippen LogP contribution in [0.4, 0.5) is 0 Å². The van der Waals surface area contributed by atoms with E-state index in [-0.39, 0.29) is 19.2 Å². The first kappa shape index (κ1) is 10.8. The summed E-state index contributed by atoms with van der Waals surface area (Å²) in [6.45, 7) is 0.302. The monoisotopic (exact) mass is 198 g/mol. The van der Waals surface area contributed by atoms with Crippen molar-refractivity contribution >= 4 is 5.97 Å². The number of esters is 1. The summed E-state index contributed by atoms with van der Waals surface area (Å²) in [6, 6.07) is 3.50. The van der Waals surface area contributed by atoms with Gasteiger partial charge in [-0.05, 0) is 25.0 Å². The molecular formula is C10H14O4. The van der Waals surface area contributed by atoms with Crippen LogP contribution in [0.15, 0.2) is 22.8 Å². The van der Waals surface area contributed by atoms with E-state index < -0.39 is 0 Å². The fraction of sp³-hybridized carbons (Fsp3) is 0.500. The summed E-state index contributed by atoms with van der Waals surface area (Å²) >= 11 is 0. The van der Waals surface area contributed by atoms with E-state index >= 15 is 0 Å². The minimum Gasteiger partial charge on any atom is -0.466 e. The van der Waals surface area contributed by atoms with E-state index in [0.29, 0.717) is 25.0 Å². The van der Waals surface area contributed by atoms with E-state index in [9.17, 15) is 4.79 Å². The number of carbonyl (C=O) groups is 1. The zero-order valence-electron chi connectivity index (χ0n) is 7.94. The fourth-order valence-corrected chi connectivity index (χ4v) is 1.000. The second-order valence-corrected chi connectivity index (χ2v) is 2.92. The van der Waals surface area contributed by atoms with Crippen molar-refractivity contribution in [1.82, 2.24) is 0 Å². The van der Waals surface area contributed by atoms with Crippen LogP contribution < -0.4 is 0 Å². The Hall–Kier alpha value is -1.29. The predicted molar refractivity (Wildman–Crippen MR) is 49.4 cm³/mol. The number of hydrogen-bond acceptors (Lipinski definition) is 4. The zero-order chi connectivity index (χ0) is 10.2. The van der Waals surface area contributed by atoms with Crippen molar-refractivity contribution in [3.63, 3.8) is 0 Å². The first-order valence-electron chi connectivity index (χ1n) is 4.62. The third-order valence-corrected chi connectivity index (χ3v) is 1.74. The molecule has 1 aromatic heterocycles. The van der Waals surface area contributed by atoms with Crippen molar-refractivity contribution in [1.29, 1.82) is 0 Å². The fourth-order valence-electron chi connectivity index (χ4n) is 1.000. The maximum Gasteiger partial charge on any atom is 0.306 e. The molecular weight excluding hydrogens is 184 g/mol. The first-order chi connectivity index (χ1) is 6.83. The minimum absolute atomic E-state index is 0.117. The summed E-state index contributed by atoms with van der Waals surface area (Å²) < 4.78 is 9.91. The molecule has 14 heavy (non-hydrogen) atoms. The van der Waals surface area contributed by atoms with E-state index in [1.807, 2.05) is 0 Å². The van der Waals surface area contributed by atoms with Gasteiger partial charge in [-0.2, -0.15) is 0 Å². The highest BCUT2D eigenvalue weighted by atomic mass is 16.5. The lowest BCUT2D eigenvalue weighted by Gasteiger charge is -2.01. The molecule has 0 saturated carbocycles. The van der Waals surface area contributed by atoms with Gasteiger partial charge in [0.15, 0.2) is 0 Å². The summed E-state index contributed by atoms with van der Waals surface area (Å²) in [4.78, 5) is 11.1. The molecule has 1 heterocycles. The number of hydrogen-bond donors (Lipinski definition) is 1. The van der Waals surface area contributed by atoms with Crippen molar-refractivity contribution in [2.45, 2.75) is 25.9 Å². The summed E-state index contributed by atoms with van der Waals surface area (Å²) in [6.07, 6.45) is 3.18. The molecule has 4 nitrogen and oxygen atoms in total. The Morgan fingerprint density at radius 3 is 3.00 bits per heavy atom. The Morgan fingerprint density at radius 2 is 2.36 bits per heavy atom. The molecule has 4 heteroatoms. The Kier molecular flexibility index (Phi) is 4.78. The first-order valence-corrected chi connectivity index (χ1v) is 4.62. The molecule has 0 amide bonds. The molecule has 0 bridgehead atoms. The average Bonchev–Trinajstić information content (AvgIpc) is 2.68. The molecule has 1 rings (SSSR count). The van der Waals surface area contributed by atoms with E-state index in [0.717, 1.165) is 0 Å². The maximum absolute atomic E-state index is 11.1. The SMILES string of the molecule is O=C(CCCCO)OCc1ccco1. The van der Waals surface area contributed by atoms with Gasteiger partial charge in [0, 0.05) is 13.0 Å². The average molecular weight is 198 g/mol. The number of carbonyl (C=O) groups excluding carboxylic acids is 1. The number of aliphatic hydroxyl groups excluding tert-OH is 1. The van der Waals surface area contributed by atoms with Crippen LogP contribution in [0.5, 0.6) is 0 Å². The van der Waals surface area contributed by atoms with Crippen LogP contribution in [0.1, 0.15) is 25.0 Å². The van der Waals surface area contributed by atoms with Gasteiger partial charge in [0.25, 0.3) is 0 Å². The standard InChI is InChI=1S/C10H14O4/c11-6-2-1-5-10(12)14-8-9-4-3-7-13-9/h3-4,7,11H,1-2,5-6,8H2. The molecule has 0 fully saturated rings. The lowest BCUT2D eigenvalue weighted by Crippen LogP contribution is -2.04. The van der Waals surface area contributed by atoms with Crippen molar-refractivity contribution < 1.29 is 19.1 Å². The molecule has 0 saturated heterocycles. The largest absolute Gasteiger partial charge is 0.466 e. The van der Waals surface area contributed by atoms with Crippen LogP contribution in [-0.4, -0.2) is 17.7 Å². The van der Waals surface area contributed by atoms with Gasteiger partial charge in [-0.1, -0.05) is 0 Å². The number of rotatable bonds is 6. The Bertz CT molecular complexity index is 253. The van der Waals surface area contributed by atoms with Gasteiger partial charge in [0.1, 0.15) is 12.4 Å². The van der Waals surface area contributed by atoms with Crippen LogP contribution in [0.2, 0.25) is 0 Å². The molecule has 0 aliphatic heterocycles. The second-order valence-electron chi connectivity index (χ2n) is 2.92. The normalized spacial score (nSPS) is 10.1. The van der Waals surface area contributed by atoms with Crippen LogP contribution >= 0.6 is 0 Å². The van der Waals surface area contributed by atoms with Crippen LogP contribution in [0.25, 0.3) is 0 Å². The van der Waals surface area contributed by atoms with E-state index in [1.165, 1.54) is 6.26 Å². The second kappa shape index (κ2) is 6.21. The molecule has 0 atom stereocenters. The van der Waals surface area contributed by atoms with Crippen LogP contribution in [-0.2, 0) is 16.1 Å². The number of unbranched alkanes of at least 4 members (excludes halogenated alkanes) is 1. The highest BCUT2D eigenvalue weighted by molar-refractivity contribution is 5.69. The number of furan rings is 1. The molecule has 0 radical (unpaired) electrons. The molecule has 0 unspecified atom stereocenters. The molecule has 0 aliphatic rings. The van der Waals surface area contributed by atoms with Gasteiger partial charge in [0.2, 0.25) is 0 Å². The van der Waals surface area contributed by atoms with Gasteiger partial charge < -0.3 is 14.3 Å². The zero-order valence-corrected chi connectivity index (χ0v) is 7.94. The summed E-state index contributed by atoms with van der Waals surface area (Å²) in [5.74, 6) is 0.385. The van der Waals surface area contributed by atoms with Crippen molar-refractivity contribution in [2.75, 3.05) is 6.61 Å². The third-order valence-electron chi connectivity index (χ3n) is 1.74. The van der Waals surface area contributed by atoms with Gasteiger partial charge in [-0.25, -0.2) is 0 Å². The molecule has 1 aromatic rings. The lowest BCUT2D eigenvalue weighted by molar-refractivity contribution is -0.145. The Balaban J connectivity index is 2.09. The van der Waals surface area contributed by atoms with Gasteiger partial charge in [0.05, 0.1) is 6.26 Å². The van der Waals surface area contributed by atoms with Crippen LogP contribution in [0, 0.1) is 0 Å². The molecule has 0 aromatic carbocycles. The van der Waals surface area contributed by atoms with E-state index in [2.05, 4.69) is 0 Å². The van der Waals surface area contributed by atoms with Crippen molar-refractivity contribution in [3.05, 3.63) is 24.2 Å². The molecule has 1 N–H and O–H groups in total. The Labute approximate surface area is 82.5 Å². The number of aliphatic hydroxyl groups is 1. The van der Waals surface area contributed by atoms with Gasteiger partial charge >= 0.3 is 5.97 Å². The van der Waals surface area contributed by atoms with E-state index in [1.54, 1.807) is 12.1 Å². The minimum atomic E-state index is -0.255. The highest BCUT2D eigenvalue weighted by Crippen LogP contribution is 2.04. The topological polar surface area (TPSA) is 59.7 Å². The van der Waals surface area contributed by atoms with Crippen molar-refractivity contribution in [3.8, 4) is 0 Å². The summed E-state index contributed by atoms with van der Waals surface area (Å²) in [5, 5.41) is 8.49. The predicted octanol–water partition coefficient (Wildman–Crippen LogP) is 1.49. The molecule has 78 valence electrons. The molecule has 0 spiro atoms. The molecule has 0 aliphatic carbocycles. The van der Waals surface area contributed by atoms with Crippen LogP contribution in [0.3, 0.4) is 0 Å².